The summed E-state index contributed by atoms with van der Waals surface area (Å²) in [6, 6.07) is 11.6. The fourth-order valence-corrected chi connectivity index (χ4v) is 3.46. The van der Waals surface area contributed by atoms with E-state index in [9.17, 15) is 18.0 Å². The van der Waals surface area contributed by atoms with Crippen LogP contribution in [-0.4, -0.2) is 11.9 Å². The van der Waals surface area contributed by atoms with Crippen LogP contribution in [0.2, 0.25) is 5.02 Å². The first-order valence-electron chi connectivity index (χ1n) is 8.83. The highest BCUT2D eigenvalue weighted by molar-refractivity contribution is 6.33. The van der Waals surface area contributed by atoms with Crippen LogP contribution < -0.4 is 10.6 Å². The third kappa shape index (κ3) is 5.02. The topological polar surface area (TPSA) is 41.1 Å². The number of hydrogen-bond acceptors (Lipinski definition) is 2. The summed E-state index contributed by atoms with van der Waals surface area (Å²) in [7, 11) is 0. The largest absolute Gasteiger partial charge is 0.416 e. The van der Waals surface area contributed by atoms with Gasteiger partial charge in [0.05, 0.1) is 16.3 Å². The molecule has 0 aliphatic heterocycles. The fourth-order valence-electron chi connectivity index (χ4n) is 3.30. The van der Waals surface area contributed by atoms with Crippen LogP contribution in [0.1, 0.15) is 42.9 Å². The monoisotopic (exact) mass is 396 g/mol. The third-order valence-electron chi connectivity index (χ3n) is 4.70. The van der Waals surface area contributed by atoms with Crippen LogP contribution in [-0.2, 0) is 11.0 Å². The summed E-state index contributed by atoms with van der Waals surface area (Å²) in [5.41, 5.74) is -0.155. The molecule has 0 aromatic heterocycles. The number of amides is 1. The van der Waals surface area contributed by atoms with Gasteiger partial charge < -0.3 is 5.32 Å². The Morgan fingerprint density at radius 3 is 2.37 bits per heavy atom. The van der Waals surface area contributed by atoms with Crippen LogP contribution in [0.5, 0.6) is 0 Å². The number of nitrogens with one attached hydrogen (secondary N) is 2. The molecule has 1 saturated carbocycles. The zero-order valence-electron chi connectivity index (χ0n) is 14.5. The lowest BCUT2D eigenvalue weighted by atomic mass is 10.0. The van der Waals surface area contributed by atoms with Crippen molar-refractivity contribution < 1.29 is 18.0 Å². The molecule has 1 fully saturated rings. The van der Waals surface area contributed by atoms with Gasteiger partial charge >= 0.3 is 6.18 Å². The van der Waals surface area contributed by atoms with Gasteiger partial charge in [0.25, 0.3) is 0 Å². The molecule has 2 aromatic rings. The third-order valence-corrected chi connectivity index (χ3v) is 5.03. The summed E-state index contributed by atoms with van der Waals surface area (Å²) in [5, 5.41) is 5.96. The average Bonchev–Trinajstić information content (AvgIpc) is 3.14. The Labute approximate surface area is 160 Å². The molecule has 0 saturated heterocycles. The van der Waals surface area contributed by atoms with Crippen molar-refractivity contribution in [2.45, 2.75) is 43.9 Å². The molecule has 7 heteroatoms. The molecule has 2 N–H and O–H groups in total. The van der Waals surface area contributed by atoms with Crippen molar-refractivity contribution in [1.82, 2.24) is 5.32 Å². The van der Waals surface area contributed by atoms with E-state index >= 15 is 0 Å². The molecule has 1 aliphatic rings. The summed E-state index contributed by atoms with van der Waals surface area (Å²) >= 11 is 6.01. The van der Waals surface area contributed by atoms with Gasteiger partial charge in [-0.3, -0.25) is 10.1 Å². The normalized spacial score (nSPS) is 16.3. The number of hydrogen-bond donors (Lipinski definition) is 2. The zero-order valence-corrected chi connectivity index (χ0v) is 15.3. The highest BCUT2D eigenvalue weighted by Gasteiger charge is 2.32. The molecule has 0 unspecified atom stereocenters. The molecular formula is C20H20ClF3N2O. The van der Waals surface area contributed by atoms with Gasteiger partial charge in [-0.15, -0.1) is 0 Å². The average molecular weight is 397 g/mol. The van der Waals surface area contributed by atoms with E-state index in [-0.39, 0.29) is 16.8 Å². The molecule has 3 rings (SSSR count). The van der Waals surface area contributed by atoms with Gasteiger partial charge in [0.2, 0.25) is 5.91 Å². The standard InChI is InChI=1S/C20H20ClF3N2O/c21-16-11-10-14(20(22,23)24)12-17(16)26-19(27)18(13-6-2-1-3-7-13)25-15-8-4-5-9-15/h1-3,6-7,10-12,15,18,25H,4-5,8-9H2,(H,26,27)/t18-/m1/s1. The summed E-state index contributed by atoms with van der Waals surface area (Å²) in [5.74, 6) is -0.436. The Morgan fingerprint density at radius 2 is 1.74 bits per heavy atom. The minimum absolute atomic E-state index is 0.0503. The van der Waals surface area contributed by atoms with Gasteiger partial charge in [-0.1, -0.05) is 54.8 Å². The van der Waals surface area contributed by atoms with E-state index in [0.717, 1.165) is 49.4 Å². The second-order valence-electron chi connectivity index (χ2n) is 6.67. The molecule has 1 amide bonds. The number of carbonyl (C=O) groups is 1. The van der Waals surface area contributed by atoms with Gasteiger partial charge in [0.1, 0.15) is 6.04 Å². The van der Waals surface area contributed by atoms with Crippen LogP contribution in [0.3, 0.4) is 0 Å². The molecule has 0 radical (unpaired) electrons. The quantitative estimate of drug-likeness (QED) is 0.693. The highest BCUT2D eigenvalue weighted by atomic mass is 35.5. The second-order valence-corrected chi connectivity index (χ2v) is 7.08. The number of halogens is 4. The van der Waals surface area contributed by atoms with Gasteiger partial charge in [-0.25, -0.2) is 0 Å². The first kappa shape index (κ1) is 19.7. The summed E-state index contributed by atoms with van der Waals surface area (Å²) < 4.78 is 38.9. The second kappa shape index (κ2) is 8.31. The summed E-state index contributed by atoms with van der Waals surface area (Å²) in [4.78, 5) is 12.9. The fraction of sp³-hybridized carbons (Fsp3) is 0.350. The van der Waals surface area contributed by atoms with E-state index in [1.165, 1.54) is 0 Å². The van der Waals surface area contributed by atoms with E-state index in [0.29, 0.717) is 0 Å². The molecule has 0 spiro atoms. The van der Waals surface area contributed by atoms with Gasteiger partial charge in [0, 0.05) is 6.04 Å². The van der Waals surface area contributed by atoms with E-state index in [4.69, 9.17) is 11.6 Å². The lowest BCUT2D eigenvalue weighted by Crippen LogP contribution is -2.38. The molecule has 1 aliphatic carbocycles. The van der Waals surface area contributed by atoms with Crippen LogP contribution in [0, 0.1) is 0 Å². The van der Waals surface area contributed by atoms with Crippen LogP contribution >= 0.6 is 11.6 Å². The SMILES string of the molecule is O=C(Nc1cc(C(F)(F)F)ccc1Cl)[C@H](NC1CCCC1)c1ccccc1. The molecule has 27 heavy (non-hydrogen) atoms. The number of carbonyl (C=O) groups excluding carboxylic acids is 1. The predicted octanol–water partition coefficient (Wildman–Crippen LogP) is 5.57. The maximum atomic E-state index is 13.0. The van der Waals surface area contributed by atoms with E-state index in [2.05, 4.69) is 10.6 Å². The molecule has 144 valence electrons. The Kier molecular flexibility index (Phi) is 6.07. The minimum atomic E-state index is -4.51. The molecule has 0 heterocycles. The van der Waals surface area contributed by atoms with Crippen LogP contribution in [0.4, 0.5) is 18.9 Å². The van der Waals surface area contributed by atoms with E-state index in [1.807, 2.05) is 30.3 Å². The highest BCUT2D eigenvalue weighted by Crippen LogP contribution is 2.34. The minimum Gasteiger partial charge on any atom is -0.323 e. The molecule has 1 atom stereocenters. The maximum Gasteiger partial charge on any atom is 0.416 e. The lowest BCUT2D eigenvalue weighted by molar-refractivity contribution is -0.137. The van der Waals surface area contributed by atoms with Gasteiger partial charge in [-0.05, 0) is 36.6 Å². The zero-order chi connectivity index (χ0) is 19.4. The maximum absolute atomic E-state index is 13.0. The number of rotatable bonds is 5. The lowest BCUT2D eigenvalue weighted by Gasteiger charge is -2.23. The molecule has 3 nitrogen and oxygen atoms in total. The van der Waals surface area contributed by atoms with Crippen molar-refractivity contribution in [1.29, 1.82) is 0 Å². The molecular weight excluding hydrogens is 377 g/mol. The number of alkyl halides is 3. The Morgan fingerprint density at radius 1 is 1.07 bits per heavy atom. The van der Waals surface area contributed by atoms with Crippen molar-refractivity contribution >= 4 is 23.2 Å². The van der Waals surface area contributed by atoms with Crippen LogP contribution in [0.15, 0.2) is 48.5 Å². The Balaban J connectivity index is 1.84. The predicted molar refractivity (Wildman–Crippen MR) is 99.7 cm³/mol. The summed E-state index contributed by atoms with van der Waals surface area (Å²) in [6.45, 7) is 0. The molecule has 2 aromatic carbocycles. The van der Waals surface area contributed by atoms with Crippen molar-refractivity contribution in [2.75, 3.05) is 5.32 Å². The van der Waals surface area contributed by atoms with E-state index in [1.54, 1.807) is 0 Å². The van der Waals surface area contributed by atoms with Gasteiger partial charge in [-0.2, -0.15) is 13.2 Å². The smallest absolute Gasteiger partial charge is 0.323 e. The van der Waals surface area contributed by atoms with Crippen molar-refractivity contribution in [2.24, 2.45) is 0 Å². The Hall–Kier alpha value is -2.05. The summed E-state index contributed by atoms with van der Waals surface area (Å²) in [6.07, 6.45) is -0.368. The first-order chi connectivity index (χ1) is 12.8. The van der Waals surface area contributed by atoms with Crippen molar-refractivity contribution in [3.05, 3.63) is 64.7 Å². The van der Waals surface area contributed by atoms with Crippen LogP contribution in [0.25, 0.3) is 0 Å². The van der Waals surface area contributed by atoms with E-state index < -0.39 is 23.7 Å². The number of benzene rings is 2. The van der Waals surface area contributed by atoms with Crippen molar-refractivity contribution in [3.8, 4) is 0 Å². The van der Waals surface area contributed by atoms with Gasteiger partial charge in [0.15, 0.2) is 0 Å². The number of anilines is 1. The molecule has 0 bridgehead atoms. The van der Waals surface area contributed by atoms with Crippen molar-refractivity contribution in [3.63, 3.8) is 0 Å². The first-order valence-corrected chi connectivity index (χ1v) is 9.21. The Bertz CT molecular complexity index is 790.